The lowest BCUT2D eigenvalue weighted by molar-refractivity contribution is 0.0633. The minimum absolute atomic E-state index is 0.0234. The van der Waals surface area contributed by atoms with Crippen molar-refractivity contribution in [3.8, 4) is 0 Å². The zero-order chi connectivity index (χ0) is 17.6. The minimum Gasteiger partial charge on any atom is -0.383 e. The standard InChI is InChI=1S/C18H21F2N3O/c1-18(24,15-8-7-14(19)11-16(15)20)12-23-17(21)22-10-9-13-5-3-2-4-6-13/h2-8,11,24H,9-10,12H2,1H3,(H3,21,22,23). The summed E-state index contributed by atoms with van der Waals surface area (Å²) in [5.74, 6) is -1.35. The monoisotopic (exact) mass is 333 g/mol. The number of guanidine groups is 1. The molecule has 0 amide bonds. The summed E-state index contributed by atoms with van der Waals surface area (Å²) < 4.78 is 26.7. The summed E-state index contributed by atoms with van der Waals surface area (Å²) >= 11 is 0. The van der Waals surface area contributed by atoms with Gasteiger partial charge in [-0.3, -0.25) is 4.99 Å². The third-order valence-corrected chi connectivity index (χ3v) is 3.63. The van der Waals surface area contributed by atoms with Crippen LogP contribution in [0.1, 0.15) is 18.1 Å². The Morgan fingerprint density at radius 3 is 2.58 bits per heavy atom. The molecule has 0 aromatic heterocycles. The highest BCUT2D eigenvalue weighted by Crippen LogP contribution is 2.24. The van der Waals surface area contributed by atoms with Gasteiger partial charge in [0.25, 0.3) is 0 Å². The molecule has 4 N–H and O–H groups in total. The van der Waals surface area contributed by atoms with Crippen LogP contribution < -0.4 is 11.1 Å². The van der Waals surface area contributed by atoms with Crippen LogP contribution in [0.25, 0.3) is 0 Å². The molecule has 0 heterocycles. The quantitative estimate of drug-likeness (QED) is 0.561. The van der Waals surface area contributed by atoms with Crippen LogP contribution >= 0.6 is 0 Å². The number of hydrogen-bond acceptors (Lipinski definition) is 2. The zero-order valence-corrected chi connectivity index (χ0v) is 13.5. The van der Waals surface area contributed by atoms with E-state index in [1.165, 1.54) is 13.0 Å². The summed E-state index contributed by atoms with van der Waals surface area (Å²) in [6.45, 7) is 1.86. The van der Waals surface area contributed by atoms with E-state index < -0.39 is 17.2 Å². The van der Waals surface area contributed by atoms with Crippen LogP contribution in [0.4, 0.5) is 8.78 Å². The molecule has 6 heteroatoms. The van der Waals surface area contributed by atoms with Gasteiger partial charge in [0.1, 0.15) is 17.2 Å². The predicted molar refractivity (Wildman–Crippen MR) is 90.6 cm³/mol. The average Bonchev–Trinajstić information content (AvgIpc) is 2.54. The SMILES string of the molecule is CC(O)(CN=C(N)NCCc1ccccc1)c1ccc(F)cc1F. The fourth-order valence-corrected chi connectivity index (χ4v) is 2.29. The van der Waals surface area contributed by atoms with Gasteiger partial charge in [0, 0.05) is 18.2 Å². The second-order valence-corrected chi connectivity index (χ2v) is 5.76. The van der Waals surface area contributed by atoms with Gasteiger partial charge >= 0.3 is 0 Å². The highest BCUT2D eigenvalue weighted by Gasteiger charge is 2.26. The van der Waals surface area contributed by atoms with E-state index in [4.69, 9.17) is 5.73 Å². The van der Waals surface area contributed by atoms with Crippen LogP contribution in [0.2, 0.25) is 0 Å². The van der Waals surface area contributed by atoms with Gasteiger partial charge in [0.15, 0.2) is 5.96 Å². The summed E-state index contributed by atoms with van der Waals surface area (Å²) in [5, 5.41) is 13.3. The van der Waals surface area contributed by atoms with Gasteiger partial charge in [0.2, 0.25) is 0 Å². The Morgan fingerprint density at radius 2 is 1.92 bits per heavy atom. The van der Waals surface area contributed by atoms with E-state index in [0.717, 1.165) is 24.1 Å². The summed E-state index contributed by atoms with van der Waals surface area (Å²) in [7, 11) is 0. The molecular formula is C18H21F2N3O. The van der Waals surface area contributed by atoms with Gasteiger partial charge in [0.05, 0.1) is 6.54 Å². The van der Waals surface area contributed by atoms with E-state index in [1.807, 2.05) is 30.3 Å². The molecule has 0 radical (unpaired) electrons. The van der Waals surface area contributed by atoms with E-state index in [0.29, 0.717) is 6.54 Å². The van der Waals surface area contributed by atoms with Crippen molar-refractivity contribution in [1.29, 1.82) is 0 Å². The maximum Gasteiger partial charge on any atom is 0.188 e. The number of aliphatic hydroxyl groups is 1. The third kappa shape index (κ3) is 5.03. The number of benzene rings is 2. The second kappa shape index (κ2) is 7.88. The maximum atomic E-state index is 13.8. The highest BCUT2D eigenvalue weighted by atomic mass is 19.1. The summed E-state index contributed by atoms with van der Waals surface area (Å²) in [6, 6.07) is 12.9. The normalized spacial score (nSPS) is 14.2. The molecule has 1 atom stereocenters. The van der Waals surface area contributed by atoms with Gasteiger partial charge in [-0.2, -0.15) is 0 Å². The Kier molecular flexibility index (Phi) is 5.87. The number of nitrogens with zero attached hydrogens (tertiary/aromatic N) is 1. The molecule has 0 aliphatic carbocycles. The Balaban J connectivity index is 1.90. The number of nitrogens with one attached hydrogen (secondary N) is 1. The summed E-state index contributed by atoms with van der Waals surface area (Å²) in [4.78, 5) is 4.04. The number of rotatable bonds is 6. The lowest BCUT2D eigenvalue weighted by Crippen LogP contribution is -2.35. The van der Waals surface area contributed by atoms with Crippen LogP contribution in [0.15, 0.2) is 53.5 Å². The first-order valence-corrected chi connectivity index (χ1v) is 7.64. The molecule has 2 aromatic rings. The van der Waals surface area contributed by atoms with E-state index in [-0.39, 0.29) is 18.1 Å². The molecule has 0 saturated heterocycles. The molecule has 1 unspecified atom stereocenters. The Hall–Kier alpha value is -2.47. The fourth-order valence-electron chi connectivity index (χ4n) is 2.29. The van der Waals surface area contributed by atoms with Gasteiger partial charge in [-0.15, -0.1) is 0 Å². The smallest absolute Gasteiger partial charge is 0.188 e. The van der Waals surface area contributed by atoms with Crippen LogP contribution in [-0.2, 0) is 12.0 Å². The predicted octanol–water partition coefficient (Wildman–Crippen LogP) is 2.32. The molecule has 4 nitrogen and oxygen atoms in total. The van der Waals surface area contributed by atoms with Crippen molar-refractivity contribution in [1.82, 2.24) is 5.32 Å². The molecule has 0 fully saturated rings. The van der Waals surface area contributed by atoms with Crippen molar-refractivity contribution >= 4 is 5.96 Å². The van der Waals surface area contributed by atoms with Crippen molar-refractivity contribution < 1.29 is 13.9 Å². The number of aliphatic imine (C=N–C) groups is 1. The fraction of sp³-hybridized carbons (Fsp3) is 0.278. The van der Waals surface area contributed by atoms with Gasteiger partial charge < -0.3 is 16.2 Å². The van der Waals surface area contributed by atoms with E-state index >= 15 is 0 Å². The summed E-state index contributed by atoms with van der Waals surface area (Å²) in [5.41, 5.74) is 5.32. The highest BCUT2D eigenvalue weighted by molar-refractivity contribution is 5.77. The summed E-state index contributed by atoms with van der Waals surface area (Å²) in [6.07, 6.45) is 0.778. The molecule has 24 heavy (non-hydrogen) atoms. The molecule has 128 valence electrons. The molecule has 0 aliphatic heterocycles. The topological polar surface area (TPSA) is 70.6 Å². The zero-order valence-electron chi connectivity index (χ0n) is 13.5. The van der Waals surface area contributed by atoms with Crippen molar-refractivity contribution in [2.75, 3.05) is 13.1 Å². The van der Waals surface area contributed by atoms with Crippen LogP contribution in [-0.4, -0.2) is 24.2 Å². The largest absolute Gasteiger partial charge is 0.383 e. The molecule has 2 aromatic carbocycles. The Bertz CT molecular complexity index is 703. The molecule has 2 rings (SSSR count). The molecule has 0 aliphatic rings. The number of hydrogen-bond donors (Lipinski definition) is 3. The number of halogens is 2. The average molecular weight is 333 g/mol. The van der Waals surface area contributed by atoms with Gasteiger partial charge in [-0.05, 0) is 25.0 Å². The Morgan fingerprint density at radius 1 is 1.21 bits per heavy atom. The van der Waals surface area contributed by atoms with E-state index in [2.05, 4.69) is 10.3 Å². The maximum absolute atomic E-state index is 13.8. The first-order chi connectivity index (χ1) is 11.4. The van der Waals surface area contributed by atoms with Crippen molar-refractivity contribution in [2.24, 2.45) is 10.7 Å². The van der Waals surface area contributed by atoms with E-state index in [1.54, 1.807) is 0 Å². The first kappa shape index (κ1) is 17.9. The number of nitrogens with two attached hydrogens (primary N) is 1. The van der Waals surface area contributed by atoms with Crippen LogP contribution in [0, 0.1) is 11.6 Å². The third-order valence-electron chi connectivity index (χ3n) is 3.63. The van der Waals surface area contributed by atoms with Crippen molar-refractivity contribution in [3.63, 3.8) is 0 Å². The molecule has 0 saturated carbocycles. The van der Waals surface area contributed by atoms with Crippen molar-refractivity contribution in [3.05, 3.63) is 71.3 Å². The minimum atomic E-state index is -1.58. The van der Waals surface area contributed by atoms with Crippen LogP contribution in [0.5, 0.6) is 0 Å². The Labute approximate surface area is 140 Å². The van der Waals surface area contributed by atoms with Crippen LogP contribution in [0.3, 0.4) is 0 Å². The molecular weight excluding hydrogens is 312 g/mol. The molecule has 0 spiro atoms. The van der Waals surface area contributed by atoms with Gasteiger partial charge in [-0.1, -0.05) is 36.4 Å². The van der Waals surface area contributed by atoms with E-state index in [9.17, 15) is 13.9 Å². The van der Waals surface area contributed by atoms with Gasteiger partial charge in [-0.25, -0.2) is 8.78 Å². The lowest BCUT2D eigenvalue weighted by atomic mass is 9.95. The first-order valence-electron chi connectivity index (χ1n) is 7.64. The van der Waals surface area contributed by atoms with Crippen molar-refractivity contribution in [2.45, 2.75) is 18.9 Å². The second-order valence-electron chi connectivity index (χ2n) is 5.76. The molecule has 0 bridgehead atoms. The lowest BCUT2D eigenvalue weighted by Gasteiger charge is -2.22.